The maximum Gasteiger partial charge on any atom is 0.340 e. The van der Waals surface area contributed by atoms with Gasteiger partial charge in [0.25, 0.3) is 5.91 Å². The van der Waals surface area contributed by atoms with Gasteiger partial charge in [0.2, 0.25) is 5.91 Å². The second kappa shape index (κ2) is 8.47. The smallest absolute Gasteiger partial charge is 0.340 e. The first-order valence-corrected chi connectivity index (χ1v) is 9.58. The molecule has 2 N–H and O–H groups in total. The van der Waals surface area contributed by atoms with Crippen LogP contribution >= 0.6 is 0 Å². The van der Waals surface area contributed by atoms with E-state index in [1.165, 1.54) is 29.2 Å². The zero-order valence-corrected chi connectivity index (χ0v) is 17.3. The number of esters is 1. The van der Waals surface area contributed by atoms with Crippen LogP contribution in [0.3, 0.4) is 0 Å². The number of benzene rings is 2. The van der Waals surface area contributed by atoms with Crippen LogP contribution in [0.1, 0.15) is 41.5 Å². The van der Waals surface area contributed by atoms with Crippen LogP contribution in [0.25, 0.3) is 0 Å². The van der Waals surface area contributed by atoms with Crippen molar-refractivity contribution >= 4 is 35.1 Å². The monoisotopic (exact) mass is 426 g/mol. The van der Waals surface area contributed by atoms with E-state index in [0.29, 0.717) is 0 Å². The lowest BCUT2D eigenvalue weighted by atomic mass is 10.0. The Kier molecular flexibility index (Phi) is 5.96. The molecule has 0 radical (unpaired) electrons. The van der Waals surface area contributed by atoms with Gasteiger partial charge in [-0.25, -0.2) is 9.59 Å². The van der Waals surface area contributed by atoms with E-state index in [2.05, 4.69) is 5.32 Å². The Balaban J connectivity index is 1.89. The van der Waals surface area contributed by atoms with Crippen LogP contribution in [-0.2, 0) is 14.3 Å². The lowest BCUT2D eigenvalue weighted by molar-refractivity contribution is -0.133. The number of rotatable bonds is 6. The molecule has 2 amide bonds. The van der Waals surface area contributed by atoms with Crippen LogP contribution in [0, 0.1) is 0 Å². The van der Waals surface area contributed by atoms with Crippen molar-refractivity contribution in [1.29, 1.82) is 0 Å². The molecule has 0 aromatic heterocycles. The first kappa shape index (κ1) is 21.8. The topological polar surface area (TPSA) is 122 Å². The van der Waals surface area contributed by atoms with Crippen molar-refractivity contribution in [2.45, 2.75) is 26.4 Å². The number of amides is 2. The van der Waals surface area contributed by atoms with E-state index in [1.54, 1.807) is 39.0 Å². The van der Waals surface area contributed by atoms with Crippen LogP contribution in [0.4, 0.5) is 11.4 Å². The number of para-hydroxylation sites is 1. The molecule has 0 saturated carbocycles. The molecule has 1 aliphatic heterocycles. The molecular weight excluding hydrogens is 404 g/mol. The zero-order chi connectivity index (χ0) is 22.8. The van der Waals surface area contributed by atoms with Crippen molar-refractivity contribution in [3.05, 3.63) is 53.6 Å². The molecule has 0 bridgehead atoms. The number of carbonyl (C=O) groups excluding carboxylic acids is 3. The molecule has 2 aromatic carbocycles. The first-order valence-electron chi connectivity index (χ1n) is 9.58. The van der Waals surface area contributed by atoms with Crippen LogP contribution in [0.2, 0.25) is 0 Å². The third-order valence-electron chi connectivity index (χ3n) is 4.62. The summed E-state index contributed by atoms with van der Waals surface area (Å²) in [5, 5.41) is 11.9. The molecule has 1 aliphatic rings. The molecule has 3 rings (SSSR count). The second-order valence-electron chi connectivity index (χ2n) is 7.31. The number of fused-ring (bicyclic) bond motifs is 1. The number of aromatic carboxylic acids is 1. The number of carboxylic acid groups (broad SMARTS) is 1. The summed E-state index contributed by atoms with van der Waals surface area (Å²) in [6.45, 7) is 4.57. The molecule has 0 spiro atoms. The van der Waals surface area contributed by atoms with Crippen molar-refractivity contribution in [3.63, 3.8) is 0 Å². The van der Waals surface area contributed by atoms with Gasteiger partial charge in [-0.2, -0.15) is 0 Å². The van der Waals surface area contributed by atoms with Crippen molar-refractivity contribution in [2.75, 3.05) is 23.4 Å². The molecule has 31 heavy (non-hydrogen) atoms. The quantitative estimate of drug-likeness (QED) is 0.681. The van der Waals surface area contributed by atoms with Gasteiger partial charge in [-0.3, -0.25) is 14.5 Å². The second-order valence-corrected chi connectivity index (χ2v) is 7.31. The van der Waals surface area contributed by atoms with Gasteiger partial charge >= 0.3 is 11.9 Å². The third-order valence-corrected chi connectivity index (χ3v) is 4.62. The molecule has 0 aliphatic carbocycles. The highest BCUT2D eigenvalue weighted by atomic mass is 16.5. The summed E-state index contributed by atoms with van der Waals surface area (Å²) in [4.78, 5) is 50.4. The van der Waals surface area contributed by atoms with Crippen molar-refractivity contribution in [3.8, 4) is 5.75 Å². The van der Waals surface area contributed by atoms with E-state index in [9.17, 15) is 24.3 Å². The highest BCUT2D eigenvalue weighted by Gasteiger charge is 2.42. The molecule has 0 unspecified atom stereocenters. The van der Waals surface area contributed by atoms with E-state index in [1.807, 2.05) is 0 Å². The van der Waals surface area contributed by atoms with Crippen LogP contribution in [-0.4, -0.2) is 47.6 Å². The fourth-order valence-corrected chi connectivity index (χ4v) is 3.17. The maximum absolute atomic E-state index is 12.9. The Morgan fingerprint density at radius 2 is 1.87 bits per heavy atom. The number of nitrogens with one attached hydrogen (secondary N) is 1. The zero-order valence-electron chi connectivity index (χ0n) is 17.3. The van der Waals surface area contributed by atoms with E-state index in [4.69, 9.17) is 9.47 Å². The van der Waals surface area contributed by atoms with Gasteiger partial charge < -0.3 is 19.9 Å². The molecule has 0 saturated heterocycles. The van der Waals surface area contributed by atoms with Crippen molar-refractivity contribution < 1.29 is 33.8 Å². The number of carboxylic acids is 1. The van der Waals surface area contributed by atoms with Gasteiger partial charge in [-0.1, -0.05) is 12.1 Å². The molecule has 1 heterocycles. The highest BCUT2D eigenvalue weighted by Crippen LogP contribution is 2.38. The van der Waals surface area contributed by atoms with Gasteiger partial charge in [0.05, 0.1) is 29.1 Å². The summed E-state index contributed by atoms with van der Waals surface area (Å²) < 4.78 is 10.7. The summed E-state index contributed by atoms with van der Waals surface area (Å²) in [5.41, 5.74) is -0.697. The van der Waals surface area contributed by atoms with Gasteiger partial charge in [-0.15, -0.1) is 0 Å². The Hall–Kier alpha value is -3.88. The average Bonchev–Trinajstić information content (AvgIpc) is 2.71. The molecule has 9 heteroatoms. The number of ether oxygens (including phenoxy) is 2. The predicted molar refractivity (Wildman–Crippen MR) is 111 cm³/mol. The number of hydrogen-bond acceptors (Lipinski definition) is 6. The van der Waals surface area contributed by atoms with Crippen LogP contribution in [0.15, 0.2) is 42.5 Å². The number of hydrogen-bond donors (Lipinski definition) is 2. The van der Waals surface area contributed by atoms with E-state index >= 15 is 0 Å². The van der Waals surface area contributed by atoms with Gasteiger partial charge in [0.1, 0.15) is 12.3 Å². The Bertz CT molecular complexity index is 1060. The highest BCUT2D eigenvalue weighted by molar-refractivity contribution is 6.09. The Morgan fingerprint density at radius 3 is 2.55 bits per heavy atom. The fraction of sp³-hybridized carbons (Fsp3) is 0.273. The maximum atomic E-state index is 12.9. The van der Waals surface area contributed by atoms with Crippen LogP contribution in [0.5, 0.6) is 5.75 Å². The van der Waals surface area contributed by atoms with Gasteiger partial charge in [0.15, 0.2) is 5.60 Å². The van der Waals surface area contributed by atoms with Gasteiger partial charge in [-0.05, 0) is 51.1 Å². The summed E-state index contributed by atoms with van der Waals surface area (Å²) >= 11 is 0. The minimum Gasteiger partial charge on any atom is -0.478 e. The number of carbonyl (C=O) groups is 4. The minimum atomic E-state index is -1.25. The summed E-state index contributed by atoms with van der Waals surface area (Å²) in [6, 6.07) is 10.4. The SMILES string of the molecule is CCOC(=O)c1ccccc1NC(=O)CN1C(=O)C(C)(C)Oc2ccc(C(=O)O)cc21. The van der Waals surface area contributed by atoms with Crippen molar-refractivity contribution in [2.24, 2.45) is 0 Å². The van der Waals surface area contributed by atoms with Gasteiger partial charge in [0, 0.05) is 0 Å². The summed E-state index contributed by atoms with van der Waals surface area (Å²) in [5.74, 6) is -2.55. The molecule has 9 nitrogen and oxygen atoms in total. The average molecular weight is 426 g/mol. The van der Waals surface area contributed by atoms with E-state index in [0.717, 1.165) is 0 Å². The van der Waals surface area contributed by atoms with Crippen molar-refractivity contribution in [1.82, 2.24) is 0 Å². The molecule has 2 aromatic rings. The molecule has 0 fully saturated rings. The Morgan fingerprint density at radius 1 is 1.16 bits per heavy atom. The summed E-state index contributed by atoms with van der Waals surface area (Å²) in [6.07, 6.45) is 0. The Labute approximate surface area is 178 Å². The standard InChI is InChI=1S/C22H22N2O7/c1-4-30-20(28)14-7-5-6-8-15(14)23-18(25)12-24-16-11-13(19(26)27)9-10-17(16)31-22(2,3)21(24)29/h5-11H,4,12H2,1-3H3,(H,23,25)(H,26,27). The largest absolute Gasteiger partial charge is 0.478 e. The third kappa shape index (κ3) is 4.50. The van der Waals surface area contributed by atoms with Crippen LogP contribution < -0.4 is 15.0 Å². The van der Waals surface area contributed by atoms with E-state index < -0.39 is 35.9 Å². The normalized spacial score (nSPS) is 14.3. The molecule has 162 valence electrons. The predicted octanol–water partition coefficient (Wildman–Crippen LogP) is 2.70. The molecular formula is C22H22N2O7. The minimum absolute atomic E-state index is 0.0482. The van der Waals surface area contributed by atoms with E-state index in [-0.39, 0.29) is 34.9 Å². The number of anilines is 2. The summed E-state index contributed by atoms with van der Waals surface area (Å²) in [7, 11) is 0. The first-order chi connectivity index (χ1) is 14.6. The fourth-order valence-electron chi connectivity index (χ4n) is 3.17. The lowest BCUT2D eigenvalue weighted by Gasteiger charge is -2.38. The number of nitrogens with zero attached hydrogens (tertiary/aromatic N) is 1. The lowest BCUT2D eigenvalue weighted by Crippen LogP contribution is -2.54. The molecule has 0 atom stereocenters.